The summed E-state index contributed by atoms with van der Waals surface area (Å²) >= 11 is 0.946. The molecule has 1 saturated heterocycles. The van der Waals surface area contributed by atoms with E-state index in [0.717, 1.165) is 11.3 Å². The molecule has 1 fully saturated rings. The average Bonchev–Trinajstić information content (AvgIpc) is 2.88. The molecule has 1 aromatic heterocycles. The topological polar surface area (TPSA) is 102 Å². The second kappa shape index (κ2) is 5.88. The number of piperazine rings is 1. The third-order valence-electron chi connectivity index (χ3n) is 2.98. The highest BCUT2D eigenvalue weighted by Crippen LogP contribution is 2.25. The predicted octanol–water partition coefficient (Wildman–Crippen LogP) is 0.0107. The number of hydrogen-bond acceptors (Lipinski definition) is 6. The molecular weight excluding hydrogens is 302 g/mol. The van der Waals surface area contributed by atoms with E-state index >= 15 is 0 Å². The Balaban J connectivity index is 2.06. The molecule has 20 heavy (non-hydrogen) atoms. The molecule has 0 atom stereocenters. The summed E-state index contributed by atoms with van der Waals surface area (Å²) in [5.74, 6) is -0.918. The van der Waals surface area contributed by atoms with E-state index in [1.54, 1.807) is 4.90 Å². The Bertz CT molecular complexity index is 639. The summed E-state index contributed by atoms with van der Waals surface area (Å²) in [6.45, 7) is 1.22. The van der Waals surface area contributed by atoms with Gasteiger partial charge in [0.2, 0.25) is 0 Å². The summed E-state index contributed by atoms with van der Waals surface area (Å²) in [4.78, 5) is 12.7. The molecule has 2 rings (SSSR count). The molecular formula is C11H13N3O4S2. The number of carboxylic acid groups (broad SMARTS) is 1. The van der Waals surface area contributed by atoms with Crippen LogP contribution < -0.4 is 0 Å². The summed E-state index contributed by atoms with van der Waals surface area (Å²) in [6, 6.07) is 4.83. The van der Waals surface area contributed by atoms with Gasteiger partial charge < -0.3 is 5.11 Å². The minimum atomic E-state index is -3.58. The lowest BCUT2D eigenvalue weighted by molar-refractivity contribution is -0.138. The molecule has 0 saturated carbocycles. The third kappa shape index (κ3) is 3.16. The van der Waals surface area contributed by atoms with Gasteiger partial charge in [0.25, 0.3) is 10.0 Å². The number of nitriles is 1. The fourth-order valence-corrected chi connectivity index (χ4v) is 4.65. The lowest BCUT2D eigenvalue weighted by atomic mass is 10.3. The van der Waals surface area contributed by atoms with E-state index in [2.05, 4.69) is 0 Å². The molecule has 2 heterocycles. The second-order valence-corrected chi connectivity index (χ2v) is 7.55. The molecule has 9 heteroatoms. The predicted molar refractivity (Wildman–Crippen MR) is 71.9 cm³/mol. The average molecular weight is 315 g/mol. The van der Waals surface area contributed by atoms with Crippen LogP contribution in [-0.2, 0) is 14.8 Å². The summed E-state index contributed by atoms with van der Waals surface area (Å²) in [5, 5.41) is 17.4. The maximum absolute atomic E-state index is 12.3. The van der Waals surface area contributed by atoms with Gasteiger partial charge in [0, 0.05) is 26.2 Å². The SMILES string of the molecule is N#Cc1ccc(S(=O)(=O)N2CCN(CC(=O)O)CC2)s1. The first-order valence-electron chi connectivity index (χ1n) is 5.87. The van der Waals surface area contributed by atoms with Crippen LogP contribution in [0.4, 0.5) is 0 Å². The molecule has 0 spiro atoms. The normalized spacial score (nSPS) is 17.8. The van der Waals surface area contributed by atoms with Crippen LogP contribution in [0.25, 0.3) is 0 Å². The van der Waals surface area contributed by atoms with E-state index in [9.17, 15) is 13.2 Å². The fraction of sp³-hybridized carbons (Fsp3) is 0.455. The highest BCUT2D eigenvalue weighted by atomic mass is 32.2. The fourth-order valence-electron chi connectivity index (χ4n) is 1.97. The van der Waals surface area contributed by atoms with Crippen molar-refractivity contribution in [2.24, 2.45) is 0 Å². The van der Waals surface area contributed by atoms with Crippen LogP contribution in [0.2, 0.25) is 0 Å². The molecule has 7 nitrogen and oxygen atoms in total. The van der Waals surface area contributed by atoms with E-state index in [-0.39, 0.29) is 23.8 Å². The highest BCUT2D eigenvalue weighted by Gasteiger charge is 2.30. The number of carboxylic acids is 1. The molecule has 0 radical (unpaired) electrons. The Labute approximate surface area is 120 Å². The van der Waals surface area contributed by atoms with Crippen LogP contribution in [0.5, 0.6) is 0 Å². The maximum atomic E-state index is 12.3. The molecule has 1 aliphatic heterocycles. The van der Waals surface area contributed by atoms with E-state index in [1.807, 2.05) is 6.07 Å². The lowest BCUT2D eigenvalue weighted by Crippen LogP contribution is -2.49. The quantitative estimate of drug-likeness (QED) is 0.840. The monoisotopic (exact) mass is 315 g/mol. The van der Waals surface area contributed by atoms with Crippen molar-refractivity contribution in [3.05, 3.63) is 17.0 Å². The minimum absolute atomic E-state index is 0.0779. The number of rotatable bonds is 4. The molecule has 1 N–H and O–H groups in total. The molecule has 1 aromatic rings. The summed E-state index contributed by atoms with van der Waals surface area (Å²) < 4.78 is 26.2. The standard InChI is InChI=1S/C11H13N3O4S2/c12-7-9-1-2-11(19-9)20(17,18)14-5-3-13(4-6-14)8-10(15)16/h1-2H,3-6,8H2,(H,15,16). The first-order chi connectivity index (χ1) is 9.43. The summed E-state index contributed by atoms with van der Waals surface area (Å²) in [6.07, 6.45) is 0. The van der Waals surface area contributed by atoms with Crippen molar-refractivity contribution >= 4 is 27.3 Å². The first-order valence-corrected chi connectivity index (χ1v) is 8.13. The van der Waals surface area contributed by atoms with E-state index in [0.29, 0.717) is 18.0 Å². The zero-order valence-corrected chi connectivity index (χ0v) is 12.2. The van der Waals surface area contributed by atoms with E-state index < -0.39 is 16.0 Å². The van der Waals surface area contributed by atoms with Crippen molar-refractivity contribution in [2.45, 2.75) is 4.21 Å². The van der Waals surface area contributed by atoms with Gasteiger partial charge in [-0.1, -0.05) is 0 Å². The lowest BCUT2D eigenvalue weighted by Gasteiger charge is -2.32. The van der Waals surface area contributed by atoms with Crippen molar-refractivity contribution in [2.75, 3.05) is 32.7 Å². The minimum Gasteiger partial charge on any atom is -0.480 e. The second-order valence-electron chi connectivity index (χ2n) is 4.30. The summed E-state index contributed by atoms with van der Waals surface area (Å²) in [5.41, 5.74) is 0. The van der Waals surface area contributed by atoms with Crippen LogP contribution in [0.3, 0.4) is 0 Å². The molecule has 0 amide bonds. The van der Waals surface area contributed by atoms with Crippen molar-refractivity contribution in [3.63, 3.8) is 0 Å². The van der Waals surface area contributed by atoms with Gasteiger partial charge in [-0.3, -0.25) is 9.69 Å². The summed E-state index contributed by atoms with van der Waals surface area (Å²) in [7, 11) is -3.58. The van der Waals surface area contributed by atoms with Crippen LogP contribution in [-0.4, -0.2) is 61.4 Å². The van der Waals surface area contributed by atoms with Gasteiger partial charge >= 0.3 is 5.97 Å². The van der Waals surface area contributed by atoms with Gasteiger partial charge in [0.05, 0.1) is 6.54 Å². The van der Waals surface area contributed by atoms with E-state index in [1.165, 1.54) is 16.4 Å². The number of hydrogen-bond donors (Lipinski definition) is 1. The Morgan fingerprint density at radius 3 is 2.50 bits per heavy atom. The smallest absolute Gasteiger partial charge is 0.317 e. The van der Waals surface area contributed by atoms with Crippen molar-refractivity contribution < 1.29 is 18.3 Å². The van der Waals surface area contributed by atoms with Crippen LogP contribution in [0.1, 0.15) is 4.88 Å². The van der Waals surface area contributed by atoms with E-state index in [4.69, 9.17) is 10.4 Å². The van der Waals surface area contributed by atoms with Crippen molar-refractivity contribution in [1.82, 2.24) is 9.21 Å². The van der Waals surface area contributed by atoms with Crippen LogP contribution in [0.15, 0.2) is 16.3 Å². The Morgan fingerprint density at radius 2 is 2.00 bits per heavy atom. The van der Waals surface area contributed by atoms with Crippen molar-refractivity contribution in [3.8, 4) is 6.07 Å². The Morgan fingerprint density at radius 1 is 1.35 bits per heavy atom. The zero-order chi connectivity index (χ0) is 14.8. The van der Waals surface area contributed by atoms with Gasteiger partial charge in [-0.05, 0) is 12.1 Å². The van der Waals surface area contributed by atoms with Gasteiger partial charge in [0.1, 0.15) is 15.2 Å². The number of sulfonamides is 1. The van der Waals surface area contributed by atoms with Gasteiger partial charge in [-0.2, -0.15) is 9.57 Å². The number of aliphatic carboxylic acids is 1. The molecule has 0 aromatic carbocycles. The van der Waals surface area contributed by atoms with Crippen LogP contribution in [0, 0.1) is 11.3 Å². The van der Waals surface area contributed by atoms with Gasteiger partial charge in [0.15, 0.2) is 0 Å². The first kappa shape index (κ1) is 14.9. The van der Waals surface area contributed by atoms with Crippen molar-refractivity contribution in [1.29, 1.82) is 5.26 Å². The number of carbonyl (C=O) groups is 1. The third-order valence-corrected chi connectivity index (χ3v) is 6.33. The largest absolute Gasteiger partial charge is 0.480 e. The highest BCUT2D eigenvalue weighted by molar-refractivity contribution is 7.91. The number of thiophene rings is 1. The molecule has 0 unspecified atom stereocenters. The molecule has 1 aliphatic rings. The van der Waals surface area contributed by atoms with Crippen LogP contribution >= 0.6 is 11.3 Å². The Kier molecular flexibility index (Phi) is 4.39. The molecule has 108 valence electrons. The zero-order valence-electron chi connectivity index (χ0n) is 10.5. The maximum Gasteiger partial charge on any atom is 0.317 e. The molecule has 0 bridgehead atoms. The van der Waals surface area contributed by atoms with Gasteiger partial charge in [-0.15, -0.1) is 11.3 Å². The Hall–Kier alpha value is -1.47. The van der Waals surface area contributed by atoms with Gasteiger partial charge in [-0.25, -0.2) is 8.42 Å². The molecule has 0 aliphatic carbocycles. The number of nitrogens with zero attached hydrogens (tertiary/aromatic N) is 3.